The number of carbonyl (C=O) groups is 1. The molecule has 0 spiro atoms. The van der Waals surface area contributed by atoms with E-state index in [1.807, 2.05) is 36.4 Å². The van der Waals surface area contributed by atoms with Crippen molar-refractivity contribution < 1.29 is 18.7 Å². The zero-order chi connectivity index (χ0) is 18.9. The second kappa shape index (κ2) is 7.39. The molecule has 5 rings (SSSR count). The van der Waals surface area contributed by atoms with E-state index in [9.17, 15) is 4.79 Å². The van der Waals surface area contributed by atoms with Crippen molar-refractivity contribution in [3.8, 4) is 11.5 Å². The Morgan fingerprint density at radius 3 is 2.82 bits per heavy atom. The zero-order valence-electron chi connectivity index (χ0n) is 15.3. The van der Waals surface area contributed by atoms with Crippen molar-refractivity contribution in [2.24, 2.45) is 0 Å². The van der Waals surface area contributed by atoms with Gasteiger partial charge in [0.1, 0.15) is 18.7 Å². The summed E-state index contributed by atoms with van der Waals surface area (Å²) in [7, 11) is 0. The number of amides is 1. The lowest BCUT2D eigenvalue weighted by Crippen LogP contribution is -2.15. The number of thioether (sulfide) groups is 1. The summed E-state index contributed by atoms with van der Waals surface area (Å²) < 4.78 is 16.9. The highest BCUT2D eigenvalue weighted by Gasteiger charge is 2.28. The first-order chi connectivity index (χ1) is 13.7. The minimum atomic E-state index is -0.0182. The minimum absolute atomic E-state index is 0.0182. The van der Waals surface area contributed by atoms with E-state index >= 15 is 0 Å². The smallest absolute Gasteiger partial charge is 0.225 e. The molecule has 1 aliphatic carbocycles. The molecular weight excluding hydrogens is 376 g/mol. The van der Waals surface area contributed by atoms with E-state index in [2.05, 4.69) is 10.3 Å². The number of nitrogens with zero attached hydrogens (tertiary/aromatic N) is 1. The molecular formula is C21H20N2O4S. The summed E-state index contributed by atoms with van der Waals surface area (Å²) in [6, 6.07) is 11.5. The number of ether oxygens (including phenoxy) is 2. The van der Waals surface area contributed by atoms with Crippen molar-refractivity contribution in [2.45, 2.75) is 30.1 Å². The second-order valence-electron chi connectivity index (χ2n) is 6.96. The summed E-state index contributed by atoms with van der Waals surface area (Å²) in [4.78, 5) is 17.9. The summed E-state index contributed by atoms with van der Waals surface area (Å²) in [5, 5.41) is 2.95. The van der Waals surface area contributed by atoms with Gasteiger partial charge >= 0.3 is 0 Å². The topological polar surface area (TPSA) is 73.6 Å². The Labute approximate surface area is 166 Å². The molecule has 1 saturated carbocycles. The van der Waals surface area contributed by atoms with Crippen LogP contribution in [0.3, 0.4) is 0 Å². The monoisotopic (exact) mass is 396 g/mol. The van der Waals surface area contributed by atoms with Crippen LogP contribution in [0.15, 0.2) is 45.7 Å². The third-order valence-electron chi connectivity index (χ3n) is 4.73. The number of oxazole rings is 1. The van der Waals surface area contributed by atoms with Crippen LogP contribution in [0, 0.1) is 0 Å². The molecule has 1 aliphatic heterocycles. The molecule has 2 aliphatic rings. The zero-order valence-corrected chi connectivity index (χ0v) is 16.1. The number of aromatic nitrogens is 1. The molecule has 7 heteroatoms. The molecule has 1 N–H and O–H groups in total. The number of hydrogen-bond acceptors (Lipinski definition) is 6. The predicted octanol–water partition coefficient (Wildman–Crippen LogP) is 4.60. The lowest BCUT2D eigenvalue weighted by molar-refractivity contribution is -0.115. The molecule has 6 nitrogen and oxygen atoms in total. The van der Waals surface area contributed by atoms with Gasteiger partial charge in [-0.3, -0.25) is 4.79 Å². The number of anilines is 1. The highest BCUT2D eigenvalue weighted by atomic mass is 32.2. The largest absolute Gasteiger partial charge is 0.486 e. The van der Waals surface area contributed by atoms with Crippen LogP contribution < -0.4 is 14.8 Å². The molecule has 1 amide bonds. The van der Waals surface area contributed by atoms with Crippen LogP contribution in [0.1, 0.15) is 31.1 Å². The molecule has 0 unspecified atom stereocenters. The lowest BCUT2D eigenvalue weighted by atomic mass is 10.3. The fourth-order valence-corrected chi connectivity index (χ4v) is 4.00. The summed E-state index contributed by atoms with van der Waals surface area (Å²) in [6.07, 6.45) is 2.72. The highest BCUT2D eigenvalue weighted by molar-refractivity contribution is 7.99. The van der Waals surface area contributed by atoms with E-state index in [0.29, 0.717) is 31.3 Å². The first-order valence-electron chi connectivity index (χ1n) is 9.47. The average Bonchev–Trinajstić information content (AvgIpc) is 3.47. The Morgan fingerprint density at radius 1 is 1.11 bits per heavy atom. The van der Waals surface area contributed by atoms with Crippen LogP contribution in [0.4, 0.5) is 5.69 Å². The Morgan fingerprint density at radius 2 is 1.96 bits per heavy atom. The number of rotatable bonds is 6. The Balaban J connectivity index is 1.15. The van der Waals surface area contributed by atoms with Crippen molar-refractivity contribution in [1.29, 1.82) is 0 Å². The van der Waals surface area contributed by atoms with Crippen LogP contribution in [-0.2, 0) is 4.79 Å². The maximum Gasteiger partial charge on any atom is 0.225 e. The first-order valence-corrected chi connectivity index (χ1v) is 10.5. The number of hydrogen-bond donors (Lipinski definition) is 1. The molecule has 2 aromatic carbocycles. The highest BCUT2D eigenvalue weighted by Crippen LogP contribution is 2.40. The fraction of sp³-hybridized carbons (Fsp3) is 0.333. The van der Waals surface area contributed by atoms with Crippen LogP contribution >= 0.6 is 11.8 Å². The van der Waals surface area contributed by atoms with Crippen LogP contribution in [0.5, 0.6) is 11.5 Å². The van der Waals surface area contributed by atoms with Crippen molar-refractivity contribution in [3.63, 3.8) is 0 Å². The summed E-state index contributed by atoms with van der Waals surface area (Å²) in [5.74, 6) is 3.50. The maximum absolute atomic E-state index is 12.3. The standard InChI is InChI=1S/C21H20N2O4S/c24-20(7-10-28-15-4-6-18-19(12-15)26-9-8-25-18)22-14-3-5-17-16(11-14)23-21(27-17)13-1-2-13/h3-6,11-13H,1-2,7-10H2,(H,22,24). The SMILES string of the molecule is O=C(CCSc1ccc2c(c1)OCCO2)Nc1ccc2oc(C3CC3)nc2c1. The van der Waals surface area contributed by atoms with E-state index in [4.69, 9.17) is 13.9 Å². The average molecular weight is 396 g/mol. The van der Waals surface area contributed by atoms with E-state index in [1.54, 1.807) is 11.8 Å². The fourth-order valence-electron chi connectivity index (χ4n) is 3.13. The third kappa shape index (κ3) is 3.80. The van der Waals surface area contributed by atoms with Crippen molar-refractivity contribution in [3.05, 3.63) is 42.3 Å². The molecule has 144 valence electrons. The van der Waals surface area contributed by atoms with Gasteiger partial charge in [0, 0.05) is 28.7 Å². The molecule has 28 heavy (non-hydrogen) atoms. The molecule has 3 aromatic rings. The van der Waals surface area contributed by atoms with Gasteiger partial charge in [-0.05, 0) is 49.2 Å². The molecule has 1 fully saturated rings. The van der Waals surface area contributed by atoms with Crippen molar-refractivity contribution in [1.82, 2.24) is 4.98 Å². The number of nitrogens with one attached hydrogen (secondary N) is 1. The minimum Gasteiger partial charge on any atom is -0.486 e. The van der Waals surface area contributed by atoms with Gasteiger partial charge in [-0.25, -0.2) is 4.98 Å². The Kier molecular flexibility index (Phi) is 4.60. The quantitative estimate of drug-likeness (QED) is 0.614. The predicted molar refractivity (Wildman–Crippen MR) is 107 cm³/mol. The van der Waals surface area contributed by atoms with Gasteiger partial charge in [-0.15, -0.1) is 11.8 Å². The molecule has 0 atom stereocenters. The van der Waals surface area contributed by atoms with Gasteiger partial charge in [0.2, 0.25) is 5.91 Å². The van der Waals surface area contributed by atoms with E-state index < -0.39 is 0 Å². The summed E-state index contributed by atoms with van der Waals surface area (Å²) in [6.45, 7) is 1.16. The molecule has 0 radical (unpaired) electrons. The van der Waals surface area contributed by atoms with Crippen LogP contribution in [0.25, 0.3) is 11.1 Å². The summed E-state index contributed by atoms with van der Waals surface area (Å²) >= 11 is 1.62. The van der Waals surface area contributed by atoms with E-state index in [0.717, 1.165) is 51.9 Å². The molecule has 1 aromatic heterocycles. The number of carbonyl (C=O) groups excluding carboxylic acids is 1. The van der Waals surface area contributed by atoms with Gasteiger partial charge in [0.05, 0.1) is 0 Å². The Hall–Kier alpha value is -2.67. The van der Waals surface area contributed by atoms with Crippen LogP contribution in [-0.4, -0.2) is 29.9 Å². The van der Waals surface area contributed by atoms with Gasteiger partial charge in [-0.2, -0.15) is 0 Å². The molecule has 0 saturated heterocycles. The summed E-state index contributed by atoms with van der Waals surface area (Å²) in [5.41, 5.74) is 2.32. The van der Waals surface area contributed by atoms with Gasteiger partial charge < -0.3 is 19.2 Å². The maximum atomic E-state index is 12.3. The van der Waals surface area contributed by atoms with Crippen molar-refractivity contribution in [2.75, 3.05) is 24.3 Å². The lowest BCUT2D eigenvalue weighted by Gasteiger charge is -2.18. The van der Waals surface area contributed by atoms with E-state index in [1.165, 1.54) is 0 Å². The molecule has 0 bridgehead atoms. The van der Waals surface area contributed by atoms with Gasteiger partial charge in [0.25, 0.3) is 0 Å². The second-order valence-corrected chi connectivity index (χ2v) is 8.13. The number of benzene rings is 2. The molecule has 2 heterocycles. The Bertz CT molecular complexity index is 1030. The van der Waals surface area contributed by atoms with Gasteiger partial charge in [-0.1, -0.05) is 0 Å². The number of fused-ring (bicyclic) bond motifs is 2. The first kappa shape index (κ1) is 17.4. The van der Waals surface area contributed by atoms with Gasteiger partial charge in [0.15, 0.2) is 23.0 Å². The van der Waals surface area contributed by atoms with Crippen molar-refractivity contribution >= 4 is 34.5 Å². The normalized spacial score (nSPS) is 15.6. The van der Waals surface area contributed by atoms with Crippen LogP contribution in [0.2, 0.25) is 0 Å². The van der Waals surface area contributed by atoms with E-state index in [-0.39, 0.29) is 5.91 Å². The third-order valence-corrected chi connectivity index (χ3v) is 5.72.